The van der Waals surface area contributed by atoms with Crippen LogP contribution in [0.3, 0.4) is 0 Å². The van der Waals surface area contributed by atoms with Crippen LogP contribution in [0, 0.1) is 8.34 Å². The second kappa shape index (κ2) is 6.19. The van der Waals surface area contributed by atoms with E-state index in [1.165, 1.54) is 9.13 Å². The molecule has 0 radical (unpaired) electrons. The van der Waals surface area contributed by atoms with Gasteiger partial charge in [-0.1, -0.05) is 12.1 Å². The fraction of sp³-hybridized carbons (Fsp3) is 0.188. The molecule has 0 aliphatic rings. The van der Waals surface area contributed by atoms with Crippen molar-refractivity contribution in [1.29, 1.82) is 0 Å². The van der Waals surface area contributed by atoms with Gasteiger partial charge in [0.2, 0.25) is 0 Å². The van der Waals surface area contributed by atoms with Crippen LogP contribution in [0.5, 0.6) is 5.75 Å². The van der Waals surface area contributed by atoms with E-state index in [1.807, 2.05) is 12.1 Å². The number of aromatic nitrogens is 2. The zero-order chi connectivity index (χ0) is 14.8. The minimum atomic E-state index is 0.773. The number of H-pyrrole nitrogens is 1. The SMILES string of the molecule is COc1cccc(CCn2c(=S)[nH]c3cc(I)ccc32)c1. The van der Waals surface area contributed by atoms with E-state index in [4.69, 9.17) is 17.0 Å². The van der Waals surface area contributed by atoms with Gasteiger partial charge in [-0.15, -0.1) is 0 Å². The van der Waals surface area contributed by atoms with E-state index in [9.17, 15) is 0 Å². The molecule has 0 amide bonds. The molecule has 0 saturated heterocycles. The van der Waals surface area contributed by atoms with Gasteiger partial charge in [-0.2, -0.15) is 0 Å². The summed E-state index contributed by atoms with van der Waals surface area (Å²) in [5, 5.41) is 0. The average Bonchev–Trinajstić information content (AvgIpc) is 2.80. The number of hydrogen-bond acceptors (Lipinski definition) is 2. The van der Waals surface area contributed by atoms with Crippen LogP contribution in [0.1, 0.15) is 5.56 Å². The number of halogens is 1. The van der Waals surface area contributed by atoms with Crippen LogP contribution in [0.2, 0.25) is 0 Å². The first-order valence-corrected chi connectivity index (χ1v) is 8.17. The Morgan fingerprint density at radius 2 is 2.10 bits per heavy atom. The van der Waals surface area contributed by atoms with E-state index in [0.717, 1.165) is 34.5 Å². The van der Waals surface area contributed by atoms with Gasteiger partial charge in [0, 0.05) is 10.1 Å². The molecule has 21 heavy (non-hydrogen) atoms. The summed E-state index contributed by atoms with van der Waals surface area (Å²) in [7, 11) is 1.69. The Bertz CT molecular complexity index is 838. The molecule has 5 heteroatoms. The topological polar surface area (TPSA) is 29.9 Å². The molecule has 3 aromatic rings. The van der Waals surface area contributed by atoms with Crippen molar-refractivity contribution < 1.29 is 4.74 Å². The zero-order valence-corrected chi connectivity index (χ0v) is 14.6. The summed E-state index contributed by atoms with van der Waals surface area (Å²) in [6, 6.07) is 14.5. The normalized spacial score (nSPS) is 11.0. The lowest BCUT2D eigenvalue weighted by Gasteiger charge is -2.06. The summed E-state index contributed by atoms with van der Waals surface area (Å²) < 4.78 is 9.40. The van der Waals surface area contributed by atoms with E-state index in [-0.39, 0.29) is 0 Å². The van der Waals surface area contributed by atoms with Gasteiger partial charge in [0.1, 0.15) is 5.75 Å². The Hall–Kier alpha value is -1.34. The maximum Gasteiger partial charge on any atom is 0.178 e. The number of benzene rings is 2. The summed E-state index contributed by atoms with van der Waals surface area (Å²) in [6.07, 6.45) is 0.921. The average molecular weight is 410 g/mol. The van der Waals surface area contributed by atoms with E-state index < -0.39 is 0 Å². The highest BCUT2D eigenvalue weighted by atomic mass is 127. The fourth-order valence-electron chi connectivity index (χ4n) is 2.43. The summed E-state index contributed by atoms with van der Waals surface area (Å²) in [5.74, 6) is 0.893. The minimum absolute atomic E-state index is 0.773. The quantitative estimate of drug-likeness (QED) is 0.505. The van der Waals surface area contributed by atoms with Crippen molar-refractivity contribution in [2.45, 2.75) is 13.0 Å². The number of methoxy groups -OCH3 is 1. The van der Waals surface area contributed by atoms with Crippen LogP contribution in [0.15, 0.2) is 42.5 Å². The Morgan fingerprint density at radius 1 is 1.24 bits per heavy atom. The summed E-state index contributed by atoms with van der Waals surface area (Å²) in [4.78, 5) is 3.27. The Kier molecular flexibility index (Phi) is 4.30. The molecule has 0 aliphatic carbocycles. The number of fused-ring (bicyclic) bond motifs is 1. The van der Waals surface area contributed by atoms with Gasteiger partial charge >= 0.3 is 0 Å². The number of aryl methyl sites for hydroxylation is 2. The Morgan fingerprint density at radius 3 is 2.90 bits per heavy atom. The maximum absolute atomic E-state index is 5.44. The van der Waals surface area contributed by atoms with Gasteiger partial charge in [0.25, 0.3) is 0 Å². The molecule has 1 heterocycles. The lowest BCUT2D eigenvalue weighted by Crippen LogP contribution is -2.01. The van der Waals surface area contributed by atoms with Crippen LogP contribution in [-0.2, 0) is 13.0 Å². The fourth-order valence-corrected chi connectivity index (χ4v) is 3.22. The zero-order valence-electron chi connectivity index (χ0n) is 11.6. The molecule has 3 rings (SSSR count). The predicted molar refractivity (Wildman–Crippen MR) is 96.5 cm³/mol. The minimum Gasteiger partial charge on any atom is -0.497 e. The third-order valence-electron chi connectivity index (χ3n) is 3.49. The maximum atomic E-state index is 5.44. The molecule has 0 fully saturated rings. The monoisotopic (exact) mass is 410 g/mol. The summed E-state index contributed by atoms with van der Waals surface area (Å²) in [6.45, 7) is 0.854. The number of ether oxygens (including phenoxy) is 1. The second-order valence-corrected chi connectivity index (χ2v) is 6.48. The predicted octanol–water partition coefficient (Wildman–Crippen LogP) is 4.55. The van der Waals surface area contributed by atoms with Gasteiger partial charge < -0.3 is 14.3 Å². The highest BCUT2D eigenvalue weighted by molar-refractivity contribution is 14.1. The third-order valence-corrected chi connectivity index (χ3v) is 4.49. The number of aromatic amines is 1. The van der Waals surface area contributed by atoms with Crippen LogP contribution in [-0.4, -0.2) is 16.7 Å². The Labute approximate surface area is 142 Å². The first-order valence-electron chi connectivity index (χ1n) is 6.68. The third kappa shape index (κ3) is 3.13. The first kappa shape index (κ1) is 14.6. The van der Waals surface area contributed by atoms with Crippen LogP contribution in [0.4, 0.5) is 0 Å². The standard InChI is InChI=1S/C16H15IN2OS/c1-20-13-4-2-3-11(9-13)7-8-19-15-6-5-12(17)10-14(15)18-16(19)21/h2-6,9-10H,7-8H2,1H3,(H,18,21). The van der Waals surface area contributed by atoms with Gasteiger partial charge in [-0.05, 0) is 77.1 Å². The highest BCUT2D eigenvalue weighted by Gasteiger charge is 2.05. The van der Waals surface area contributed by atoms with Gasteiger partial charge in [-0.25, -0.2) is 0 Å². The molecule has 3 nitrogen and oxygen atoms in total. The smallest absolute Gasteiger partial charge is 0.178 e. The molecule has 0 saturated carbocycles. The van der Waals surface area contributed by atoms with Gasteiger partial charge in [-0.3, -0.25) is 0 Å². The molecule has 0 spiro atoms. The van der Waals surface area contributed by atoms with Crippen LogP contribution >= 0.6 is 34.8 Å². The summed E-state index contributed by atoms with van der Waals surface area (Å²) >= 11 is 7.75. The van der Waals surface area contributed by atoms with Crippen LogP contribution in [0.25, 0.3) is 11.0 Å². The van der Waals surface area contributed by atoms with E-state index in [0.29, 0.717) is 0 Å². The van der Waals surface area contributed by atoms with E-state index >= 15 is 0 Å². The lowest BCUT2D eigenvalue weighted by molar-refractivity contribution is 0.414. The first-order chi connectivity index (χ1) is 10.2. The van der Waals surface area contributed by atoms with Crippen molar-refractivity contribution in [2.75, 3.05) is 7.11 Å². The lowest BCUT2D eigenvalue weighted by atomic mass is 10.1. The molecule has 0 atom stereocenters. The van der Waals surface area contributed by atoms with Crippen molar-refractivity contribution in [3.05, 3.63) is 56.4 Å². The molecule has 0 unspecified atom stereocenters. The molecule has 2 aromatic carbocycles. The van der Waals surface area contributed by atoms with Crippen molar-refractivity contribution in [2.24, 2.45) is 0 Å². The van der Waals surface area contributed by atoms with Gasteiger partial charge in [0.05, 0.1) is 18.1 Å². The van der Waals surface area contributed by atoms with Crippen molar-refractivity contribution in [3.63, 3.8) is 0 Å². The molecule has 1 N–H and O–H groups in total. The van der Waals surface area contributed by atoms with E-state index in [1.54, 1.807) is 7.11 Å². The number of imidazole rings is 1. The van der Waals surface area contributed by atoms with Crippen molar-refractivity contribution in [1.82, 2.24) is 9.55 Å². The molecular weight excluding hydrogens is 395 g/mol. The molecule has 0 aliphatic heterocycles. The number of rotatable bonds is 4. The molecule has 0 bridgehead atoms. The van der Waals surface area contributed by atoms with E-state index in [2.05, 4.69) is 62.5 Å². The van der Waals surface area contributed by atoms with Crippen molar-refractivity contribution >= 4 is 45.8 Å². The summed E-state index contributed by atoms with van der Waals surface area (Å²) in [5.41, 5.74) is 3.50. The molecule has 1 aromatic heterocycles. The second-order valence-electron chi connectivity index (χ2n) is 4.84. The van der Waals surface area contributed by atoms with Crippen molar-refractivity contribution in [3.8, 4) is 5.75 Å². The molecule has 108 valence electrons. The number of nitrogens with one attached hydrogen (secondary N) is 1. The highest BCUT2D eigenvalue weighted by Crippen LogP contribution is 2.19. The Balaban J connectivity index is 1.88. The van der Waals surface area contributed by atoms with Gasteiger partial charge in [0.15, 0.2) is 4.77 Å². The largest absolute Gasteiger partial charge is 0.497 e. The number of nitrogens with zero attached hydrogens (tertiary/aromatic N) is 1. The number of hydrogen-bond donors (Lipinski definition) is 1. The van der Waals surface area contributed by atoms with Crippen LogP contribution < -0.4 is 4.74 Å². The molecular formula is C16H15IN2OS.